The Morgan fingerprint density at radius 3 is 2.42 bits per heavy atom. The minimum absolute atomic E-state index is 0.0302. The lowest BCUT2D eigenvalue weighted by molar-refractivity contribution is -0.289. The molecule has 1 aliphatic heterocycles. The molecule has 1 fully saturated rings. The van der Waals surface area contributed by atoms with Gasteiger partial charge in [0.05, 0.1) is 29.9 Å². The zero-order valence-electron chi connectivity index (χ0n) is 21.8. The van der Waals surface area contributed by atoms with Gasteiger partial charge in [-0.15, -0.1) is 0 Å². The van der Waals surface area contributed by atoms with Gasteiger partial charge in [0, 0.05) is 31.0 Å². The number of carbonyl (C=O) groups is 1. The van der Waals surface area contributed by atoms with Crippen molar-refractivity contribution < 1.29 is 27.1 Å². The van der Waals surface area contributed by atoms with Gasteiger partial charge in [-0.3, -0.25) is 4.79 Å². The summed E-state index contributed by atoms with van der Waals surface area (Å²) in [6, 6.07) is 5.85. The molecule has 1 aromatic heterocycles. The van der Waals surface area contributed by atoms with Crippen molar-refractivity contribution in [1.82, 2.24) is 9.97 Å². The topological polar surface area (TPSA) is 98.7 Å². The number of hydrogen-bond donors (Lipinski definition) is 0. The number of carbonyl (C=O) groups excluding carboxylic acids is 1. The molecule has 1 aliphatic rings. The lowest BCUT2D eigenvalue weighted by Gasteiger charge is -2.39. The number of benzene rings is 1. The Morgan fingerprint density at radius 2 is 1.86 bits per heavy atom. The second-order valence-corrected chi connectivity index (χ2v) is 11.9. The summed E-state index contributed by atoms with van der Waals surface area (Å²) in [5.41, 5.74) is 2.41. The average molecular weight is 520 g/mol. The van der Waals surface area contributed by atoms with Gasteiger partial charge >= 0.3 is 0 Å². The SMILES string of the molecule is CC(=O)C[C@H]1C[C@@H](/C=C/c2c(-c3ccc(F)cc3)nc(N(C)S(C)(=O)=O)nc2C(C)C)OC(C)(C)O1. The van der Waals surface area contributed by atoms with E-state index < -0.39 is 21.6 Å². The van der Waals surface area contributed by atoms with Crippen LogP contribution in [-0.2, 0) is 24.3 Å². The highest BCUT2D eigenvalue weighted by Crippen LogP contribution is 2.33. The molecule has 1 saturated heterocycles. The summed E-state index contributed by atoms with van der Waals surface area (Å²) in [6.07, 6.45) is 5.01. The number of Topliss-reactive ketones (excluding diaryl/α,β-unsaturated/α-hetero) is 1. The molecule has 10 heteroatoms. The Kier molecular flexibility index (Phi) is 8.32. The molecule has 2 aromatic rings. The maximum absolute atomic E-state index is 13.7. The van der Waals surface area contributed by atoms with E-state index in [0.29, 0.717) is 35.4 Å². The van der Waals surface area contributed by atoms with Gasteiger partial charge in [-0.25, -0.2) is 27.1 Å². The Bertz CT molecular complexity index is 1240. The van der Waals surface area contributed by atoms with Crippen LogP contribution in [0.1, 0.15) is 64.6 Å². The summed E-state index contributed by atoms with van der Waals surface area (Å²) >= 11 is 0. The average Bonchev–Trinajstić information content (AvgIpc) is 2.75. The third-order valence-corrected chi connectivity index (χ3v) is 6.94. The lowest BCUT2D eigenvalue weighted by atomic mass is 9.96. The van der Waals surface area contributed by atoms with Gasteiger partial charge in [-0.2, -0.15) is 0 Å². The predicted octanol–water partition coefficient (Wildman–Crippen LogP) is 4.70. The molecule has 0 bridgehead atoms. The van der Waals surface area contributed by atoms with E-state index >= 15 is 0 Å². The van der Waals surface area contributed by atoms with E-state index in [1.165, 1.54) is 26.1 Å². The normalized spacial score (nSPS) is 20.1. The van der Waals surface area contributed by atoms with E-state index in [1.54, 1.807) is 12.1 Å². The molecule has 0 aliphatic carbocycles. The van der Waals surface area contributed by atoms with Crippen LogP contribution in [0.25, 0.3) is 17.3 Å². The van der Waals surface area contributed by atoms with Crippen LogP contribution in [0.2, 0.25) is 0 Å². The summed E-state index contributed by atoms with van der Waals surface area (Å²) in [4.78, 5) is 20.9. The van der Waals surface area contributed by atoms with Gasteiger partial charge < -0.3 is 9.47 Å². The van der Waals surface area contributed by atoms with E-state index in [9.17, 15) is 17.6 Å². The van der Waals surface area contributed by atoms with Crippen LogP contribution < -0.4 is 4.31 Å². The number of aromatic nitrogens is 2. The van der Waals surface area contributed by atoms with Gasteiger partial charge in [-0.1, -0.05) is 26.0 Å². The largest absolute Gasteiger partial charge is 0.347 e. The van der Waals surface area contributed by atoms with Crippen molar-refractivity contribution in [3.05, 3.63) is 47.4 Å². The molecule has 0 unspecified atom stereocenters. The van der Waals surface area contributed by atoms with Gasteiger partial charge in [-0.05, 0) is 51.0 Å². The van der Waals surface area contributed by atoms with E-state index in [4.69, 9.17) is 9.47 Å². The first-order chi connectivity index (χ1) is 16.7. The Labute approximate surface area is 212 Å². The molecule has 8 nitrogen and oxygen atoms in total. The lowest BCUT2D eigenvalue weighted by Crippen LogP contribution is -2.44. The first kappa shape index (κ1) is 27.9. The zero-order valence-corrected chi connectivity index (χ0v) is 22.6. The summed E-state index contributed by atoms with van der Waals surface area (Å²) in [5, 5.41) is 0. The van der Waals surface area contributed by atoms with Gasteiger partial charge in [0.15, 0.2) is 5.79 Å². The monoisotopic (exact) mass is 519 g/mol. The summed E-state index contributed by atoms with van der Waals surface area (Å²) < 4.78 is 51.1. The Morgan fingerprint density at radius 1 is 1.22 bits per heavy atom. The fourth-order valence-electron chi connectivity index (χ4n) is 4.11. The molecule has 0 radical (unpaired) electrons. The van der Waals surface area contributed by atoms with Crippen molar-refractivity contribution in [1.29, 1.82) is 0 Å². The Hall–Kier alpha value is -2.69. The Balaban J connectivity index is 2.13. The van der Waals surface area contributed by atoms with Gasteiger partial charge in [0.1, 0.15) is 11.6 Å². The first-order valence-corrected chi connectivity index (χ1v) is 13.7. The van der Waals surface area contributed by atoms with Crippen LogP contribution in [-0.4, -0.2) is 55.5 Å². The minimum atomic E-state index is -3.61. The summed E-state index contributed by atoms with van der Waals surface area (Å²) in [5.74, 6) is -1.26. The maximum atomic E-state index is 13.7. The maximum Gasteiger partial charge on any atom is 0.239 e. The molecule has 0 N–H and O–H groups in total. The molecule has 0 amide bonds. The number of anilines is 1. The standard InChI is InChI=1S/C26H34FN3O5S/c1-16(2)23-22(13-12-20-15-21(14-17(3)31)35-26(4,5)34-20)24(18-8-10-19(27)11-9-18)29-25(28-23)30(6)36(7,32)33/h8-13,16,20-21H,14-15H2,1-7H3/b13-12+/t20-,21+/m1/s1. The van der Waals surface area contributed by atoms with Crippen LogP contribution in [0.4, 0.5) is 10.3 Å². The minimum Gasteiger partial charge on any atom is -0.347 e. The number of rotatable bonds is 8. The van der Waals surface area contributed by atoms with E-state index in [-0.39, 0.29) is 29.9 Å². The van der Waals surface area contributed by atoms with E-state index in [2.05, 4.69) is 9.97 Å². The van der Waals surface area contributed by atoms with Crippen LogP contribution in [0.5, 0.6) is 0 Å². The fraction of sp³-hybridized carbons (Fsp3) is 0.500. The molecule has 0 saturated carbocycles. The third kappa shape index (κ3) is 6.96. The van der Waals surface area contributed by atoms with Crippen LogP contribution in [0.3, 0.4) is 0 Å². The molecular formula is C26H34FN3O5S. The molecule has 3 rings (SSSR count). The van der Waals surface area contributed by atoms with Crippen LogP contribution in [0.15, 0.2) is 30.3 Å². The first-order valence-electron chi connectivity index (χ1n) is 11.8. The van der Waals surface area contributed by atoms with Crippen LogP contribution in [0, 0.1) is 5.82 Å². The van der Waals surface area contributed by atoms with Crippen molar-refractivity contribution in [3.63, 3.8) is 0 Å². The molecule has 2 heterocycles. The van der Waals surface area contributed by atoms with E-state index in [1.807, 2.05) is 39.8 Å². The van der Waals surface area contributed by atoms with Gasteiger partial charge in [0.2, 0.25) is 16.0 Å². The third-order valence-electron chi connectivity index (χ3n) is 5.78. The molecular weight excluding hydrogens is 485 g/mol. The number of hydrogen-bond acceptors (Lipinski definition) is 7. The van der Waals surface area contributed by atoms with Crippen LogP contribution >= 0.6 is 0 Å². The summed E-state index contributed by atoms with van der Waals surface area (Å²) in [7, 11) is -2.21. The second kappa shape index (κ2) is 10.7. The molecule has 1 aromatic carbocycles. The van der Waals surface area contributed by atoms with E-state index in [0.717, 1.165) is 10.6 Å². The quantitative estimate of drug-likeness (QED) is 0.498. The number of ether oxygens (including phenoxy) is 2. The van der Waals surface area contributed by atoms with Crippen molar-refractivity contribution >= 4 is 27.8 Å². The van der Waals surface area contributed by atoms with Crippen molar-refractivity contribution in [2.45, 2.75) is 71.4 Å². The molecule has 0 spiro atoms. The van der Waals surface area contributed by atoms with Crippen molar-refractivity contribution in [2.75, 3.05) is 17.6 Å². The summed E-state index contributed by atoms with van der Waals surface area (Å²) in [6.45, 7) is 9.06. The number of ketones is 1. The van der Waals surface area contributed by atoms with Crippen molar-refractivity contribution in [2.24, 2.45) is 0 Å². The smallest absolute Gasteiger partial charge is 0.239 e. The van der Waals surface area contributed by atoms with Crippen molar-refractivity contribution in [3.8, 4) is 11.3 Å². The highest BCUT2D eigenvalue weighted by Gasteiger charge is 2.35. The number of sulfonamides is 1. The predicted molar refractivity (Wildman–Crippen MR) is 138 cm³/mol. The molecule has 36 heavy (non-hydrogen) atoms. The fourth-order valence-corrected chi connectivity index (χ4v) is 4.49. The highest BCUT2D eigenvalue weighted by molar-refractivity contribution is 7.92. The molecule has 196 valence electrons. The van der Waals surface area contributed by atoms with Gasteiger partial charge in [0.25, 0.3) is 0 Å². The number of halogens is 1. The highest BCUT2D eigenvalue weighted by atomic mass is 32.2. The number of nitrogens with zero attached hydrogens (tertiary/aromatic N) is 3. The second-order valence-electron chi connectivity index (χ2n) is 9.86. The zero-order chi connectivity index (χ0) is 26.8. The molecule has 2 atom stereocenters.